The number of pyridine rings is 1. The van der Waals surface area contributed by atoms with Gasteiger partial charge in [-0.05, 0) is 12.3 Å². The molecule has 0 aliphatic heterocycles. The predicted molar refractivity (Wildman–Crippen MR) is 64.1 cm³/mol. The molecule has 1 heterocycles. The Bertz CT molecular complexity index is 392. The van der Waals surface area contributed by atoms with Gasteiger partial charge in [0.1, 0.15) is 0 Å². The van der Waals surface area contributed by atoms with Gasteiger partial charge in [0.25, 0.3) is 0 Å². The van der Waals surface area contributed by atoms with Gasteiger partial charge in [0, 0.05) is 19.7 Å². The molecule has 2 N–H and O–H groups in total. The van der Waals surface area contributed by atoms with Crippen LogP contribution in [0, 0.1) is 17.6 Å². The Balaban J connectivity index is 1.94. The molecule has 0 aromatic carbocycles. The Hall–Kier alpha value is -1.39. The van der Waals surface area contributed by atoms with E-state index in [1.54, 1.807) is 7.05 Å². The first-order valence-electron chi connectivity index (χ1n) is 5.98. The summed E-state index contributed by atoms with van der Waals surface area (Å²) in [6, 6.07) is 0.852. The first-order valence-corrected chi connectivity index (χ1v) is 5.98. The van der Waals surface area contributed by atoms with Crippen LogP contribution in [0.15, 0.2) is 6.07 Å². The Kier molecular flexibility index (Phi) is 3.76. The molecule has 0 saturated heterocycles. The van der Waals surface area contributed by atoms with Gasteiger partial charge in [-0.1, -0.05) is 19.3 Å². The second-order valence-electron chi connectivity index (χ2n) is 4.41. The van der Waals surface area contributed by atoms with Crippen molar-refractivity contribution in [1.82, 2.24) is 4.98 Å². The molecule has 1 saturated carbocycles. The number of rotatable bonds is 5. The van der Waals surface area contributed by atoms with E-state index in [1.807, 2.05) is 0 Å². The van der Waals surface area contributed by atoms with E-state index in [-0.39, 0.29) is 11.6 Å². The van der Waals surface area contributed by atoms with Crippen molar-refractivity contribution in [2.45, 2.75) is 25.7 Å². The Morgan fingerprint density at radius 2 is 2.00 bits per heavy atom. The topological polar surface area (TPSA) is 37.0 Å². The molecule has 0 radical (unpaired) electrons. The minimum Gasteiger partial charge on any atom is -0.371 e. The van der Waals surface area contributed by atoms with Crippen LogP contribution in [0.2, 0.25) is 0 Å². The van der Waals surface area contributed by atoms with Gasteiger partial charge in [-0.3, -0.25) is 0 Å². The second kappa shape index (κ2) is 5.29. The summed E-state index contributed by atoms with van der Waals surface area (Å²) in [6.07, 6.45) is 4.86. The highest BCUT2D eigenvalue weighted by Crippen LogP contribution is 2.29. The standard InChI is InChI=1S/C12H17F2N3/c1-15-11-9(13)7-10(14)12(17-11)16-6-5-8-3-2-4-8/h7-8H,2-6H2,1H3,(H2,15,16,17). The normalized spacial score (nSPS) is 15.5. The molecule has 17 heavy (non-hydrogen) atoms. The summed E-state index contributed by atoms with van der Waals surface area (Å²) in [4.78, 5) is 3.86. The molecule has 0 atom stereocenters. The van der Waals surface area contributed by atoms with E-state index in [0.29, 0.717) is 6.54 Å². The van der Waals surface area contributed by atoms with Crippen LogP contribution in [0.3, 0.4) is 0 Å². The maximum Gasteiger partial charge on any atom is 0.168 e. The minimum atomic E-state index is -0.672. The molecule has 0 bridgehead atoms. The van der Waals surface area contributed by atoms with Crippen molar-refractivity contribution in [1.29, 1.82) is 0 Å². The number of anilines is 2. The molecule has 1 aliphatic rings. The summed E-state index contributed by atoms with van der Waals surface area (Å²) in [7, 11) is 1.56. The molecule has 3 nitrogen and oxygen atoms in total. The largest absolute Gasteiger partial charge is 0.371 e. The zero-order valence-electron chi connectivity index (χ0n) is 9.89. The van der Waals surface area contributed by atoms with Gasteiger partial charge in [0.15, 0.2) is 23.3 Å². The fourth-order valence-electron chi connectivity index (χ4n) is 1.94. The van der Waals surface area contributed by atoms with Gasteiger partial charge in [0.2, 0.25) is 0 Å². The van der Waals surface area contributed by atoms with E-state index in [9.17, 15) is 8.78 Å². The van der Waals surface area contributed by atoms with E-state index in [0.717, 1.165) is 18.4 Å². The van der Waals surface area contributed by atoms with Crippen LogP contribution in [-0.4, -0.2) is 18.6 Å². The molecule has 5 heteroatoms. The molecule has 1 aromatic heterocycles. The fourth-order valence-corrected chi connectivity index (χ4v) is 1.94. The smallest absolute Gasteiger partial charge is 0.168 e. The van der Waals surface area contributed by atoms with Crippen LogP contribution in [0.4, 0.5) is 20.4 Å². The summed E-state index contributed by atoms with van der Waals surface area (Å²) in [5.74, 6) is -0.368. The van der Waals surface area contributed by atoms with E-state index in [1.165, 1.54) is 19.3 Å². The van der Waals surface area contributed by atoms with Crippen LogP contribution < -0.4 is 10.6 Å². The van der Waals surface area contributed by atoms with Gasteiger partial charge >= 0.3 is 0 Å². The molecule has 0 unspecified atom stereocenters. The van der Waals surface area contributed by atoms with Crippen molar-refractivity contribution < 1.29 is 8.78 Å². The molecular weight excluding hydrogens is 224 g/mol. The van der Waals surface area contributed by atoms with Gasteiger partial charge < -0.3 is 10.6 Å². The second-order valence-corrected chi connectivity index (χ2v) is 4.41. The lowest BCUT2D eigenvalue weighted by Gasteiger charge is -2.25. The lowest BCUT2D eigenvalue weighted by molar-refractivity contribution is 0.302. The number of halogens is 2. The first-order chi connectivity index (χ1) is 8.20. The van der Waals surface area contributed by atoms with Crippen LogP contribution in [-0.2, 0) is 0 Å². The summed E-state index contributed by atoms with van der Waals surface area (Å²) < 4.78 is 26.5. The molecule has 0 amide bonds. The van der Waals surface area contributed by atoms with Crippen molar-refractivity contribution in [2.24, 2.45) is 5.92 Å². The average molecular weight is 241 g/mol. The van der Waals surface area contributed by atoms with Gasteiger partial charge in [-0.2, -0.15) is 0 Å². The third kappa shape index (κ3) is 2.84. The molecule has 2 rings (SSSR count). The van der Waals surface area contributed by atoms with Crippen molar-refractivity contribution in [2.75, 3.05) is 24.2 Å². The van der Waals surface area contributed by atoms with Crippen molar-refractivity contribution in [3.63, 3.8) is 0 Å². The highest BCUT2D eigenvalue weighted by Gasteiger charge is 2.17. The van der Waals surface area contributed by atoms with E-state index in [2.05, 4.69) is 15.6 Å². The summed E-state index contributed by atoms with van der Waals surface area (Å²) in [5.41, 5.74) is 0. The lowest BCUT2D eigenvalue weighted by Crippen LogP contribution is -2.16. The van der Waals surface area contributed by atoms with Crippen molar-refractivity contribution >= 4 is 11.6 Å². The van der Waals surface area contributed by atoms with E-state index in [4.69, 9.17) is 0 Å². The third-order valence-corrected chi connectivity index (χ3v) is 3.24. The van der Waals surface area contributed by atoms with E-state index >= 15 is 0 Å². The predicted octanol–water partition coefficient (Wildman–Crippen LogP) is 3.00. The first kappa shape index (κ1) is 12.1. The SMILES string of the molecule is CNc1nc(NCCC2CCC2)c(F)cc1F. The molecule has 0 spiro atoms. The van der Waals surface area contributed by atoms with Crippen molar-refractivity contribution in [3.05, 3.63) is 17.7 Å². The number of aromatic nitrogens is 1. The number of hydrogen-bond donors (Lipinski definition) is 2. The molecular formula is C12H17F2N3. The highest BCUT2D eigenvalue weighted by molar-refractivity contribution is 5.47. The number of nitrogens with one attached hydrogen (secondary N) is 2. The van der Waals surface area contributed by atoms with Gasteiger partial charge in [-0.25, -0.2) is 13.8 Å². The zero-order chi connectivity index (χ0) is 12.3. The van der Waals surface area contributed by atoms with E-state index < -0.39 is 11.6 Å². The summed E-state index contributed by atoms with van der Waals surface area (Å²) in [5, 5.41) is 5.51. The average Bonchev–Trinajstić information content (AvgIpc) is 2.24. The van der Waals surface area contributed by atoms with Crippen LogP contribution in [0.1, 0.15) is 25.7 Å². The Labute approximate surface area is 99.6 Å². The molecule has 94 valence electrons. The number of hydrogen-bond acceptors (Lipinski definition) is 3. The van der Waals surface area contributed by atoms with Crippen LogP contribution in [0.5, 0.6) is 0 Å². The van der Waals surface area contributed by atoms with Gasteiger partial charge in [0.05, 0.1) is 0 Å². The summed E-state index contributed by atoms with van der Waals surface area (Å²) >= 11 is 0. The number of nitrogens with zero attached hydrogens (tertiary/aromatic N) is 1. The third-order valence-electron chi connectivity index (χ3n) is 3.24. The Morgan fingerprint density at radius 3 is 2.59 bits per heavy atom. The quantitative estimate of drug-likeness (QED) is 0.832. The zero-order valence-corrected chi connectivity index (χ0v) is 9.89. The molecule has 1 fully saturated rings. The Morgan fingerprint density at radius 1 is 1.29 bits per heavy atom. The monoisotopic (exact) mass is 241 g/mol. The molecule has 1 aliphatic carbocycles. The lowest BCUT2D eigenvalue weighted by atomic mass is 9.83. The van der Waals surface area contributed by atoms with Crippen LogP contribution >= 0.6 is 0 Å². The maximum absolute atomic E-state index is 13.4. The fraction of sp³-hybridized carbons (Fsp3) is 0.583. The summed E-state index contributed by atoms with van der Waals surface area (Å²) in [6.45, 7) is 0.684. The van der Waals surface area contributed by atoms with Gasteiger partial charge in [-0.15, -0.1) is 0 Å². The minimum absolute atomic E-state index is 0.0672. The molecule has 1 aromatic rings. The highest BCUT2D eigenvalue weighted by atomic mass is 19.1. The van der Waals surface area contributed by atoms with Crippen molar-refractivity contribution in [3.8, 4) is 0 Å². The maximum atomic E-state index is 13.4. The van der Waals surface area contributed by atoms with Crippen LogP contribution in [0.25, 0.3) is 0 Å².